The van der Waals surface area contributed by atoms with Gasteiger partial charge in [-0.1, -0.05) is 0 Å². The molecule has 0 aliphatic carbocycles. The number of thioether (sulfide) groups is 1. The lowest BCUT2D eigenvalue weighted by molar-refractivity contribution is -0.195. The first-order valence-electron chi connectivity index (χ1n) is 7.53. The lowest BCUT2D eigenvalue weighted by Gasteiger charge is -2.49. The second-order valence-electron chi connectivity index (χ2n) is 6.61. The molecule has 2 aliphatic rings. The van der Waals surface area contributed by atoms with Crippen molar-refractivity contribution in [3.05, 3.63) is 22.4 Å². The number of aliphatic hydroxyl groups is 1. The van der Waals surface area contributed by atoms with Crippen molar-refractivity contribution in [2.45, 2.75) is 41.7 Å². The number of nitrogens with zero attached hydrogens (tertiary/aromatic N) is 1. The molecule has 2 aliphatic heterocycles. The quantitative estimate of drug-likeness (QED) is 0.304. The summed E-state index contributed by atoms with van der Waals surface area (Å²) in [5.41, 5.74) is -2.11. The molecule has 3 rings (SSSR count). The molecule has 0 spiro atoms. The summed E-state index contributed by atoms with van der Waals surface area (Å²) in [4.78, 5) is 48.8. The molecule has 0 radical (unpaired) electrons. The molecule has 4 N–H and O–H groups in total. The van der Waals surface area contributed by atoms with E-state index in [2.05, 4.69) is 5.32 Å². The van der Waals surface area contributed by atoms with Crippen molar-refractivity contribution >= 4 is 46.9 Å². The van der Waals surface area contributed by atoms with Crippen molar-refractivity contribution < 1.29 is 34.5 Å². The Hall–Kier alpha value is -2.11. The van der Waals surface area contributed by atoms with Crippen LogP contribution in [0.25, 0.3) is 0 Å². The number of β-lactam (4-membered cyclic amide) rings is 1. The van der Waals surface area contributed by atoms with Crippen LogP contribution in [0.3, 0.4) is 0 Å². The molecule has 1 aromatic rings. The van der Waals surface area contributed by atoms with E-state index in [4.69, 9.17) is 0 Å². The van der Waals surface area contributed by atoms with Crippen LogP contribution in [-0.4, -0.2) is 65.9 Å². The average molecular weight is 400 g/mol. The zero-order chi connectivity index (χ0) is 19.4. The van der Waals surface area contributed by atoms with Crippen LogP contribution in [0.5, 0.6) is 0 Å². The molecule has 4 atom stereocenters. The summed E-state index contributed by atoms with van der Waals surface area (Å²) >= 11 is 2.25. The van der Waals surface area contributed by atoms with E-state index in [0.29, 0.717) is 0 Å². The van der Waals surface area contributed by atoms with Crippen molar-refractivity contribution in [3.8, 4) is 0 Å². The van der Waals surface area contributed by atoms with Gasteiger partial charge in [-0.15, -0.1) is 11.8 Å². The molecule has 3 heterocycles. The van der Waals surface area contributed by atoms with Gasteiger partial charge in [0.05, 0.1) is 0 Å². The molecule has 0 bridgehead atoms. The number of amides is 2. The van der Waals surface area contributed by atoms with Crippen LogP contribution in [0.2, 0.25) is 0 Å². The highest BCUT2D eigenvalue weighted by atomic mass is 32.2. The maximum absolute atomic E-state index is 12.5. The highest BCUT2D eigenvalue weighted by molar-refractivity contribution is 8.01. The monoisotopic (exact) mass is 400 g/mol. The summed E-state index contributed by atoms with van der Waals surface area (Å²) in [7, 11) is 0. The van der Waals surface area contributed by atoms with E-state index in [1.165, 1.54) is 22.8 Å². The van der Waals surface area contributed by atoms with Gasteiger partial charge in [0, 0.05) is 4.75 Å². The third-order valence-corrected chi connectivity index (χ3v) is 6.78. The number of hydrogen-bond donors (Lipinski definition) is 4. The Morgan fingerprint density at radius 1 is 1.31 bits per heavy atom. The SMILES string of the molecule is CC1(C)S[C@H]2N(C(=O)C2(O)NC(=O)C(C(=O)O)c2ccsc2)[C@H]1C(=O)O. The number of rotatable bonds is 5. The van der Waals surface area contributed by atoms with Crippen LogP contribution < -0.4 is 5.32 Å². The second kappa shape index (κ2) is 5.96. The fourth-order valence-electron chi connectivity index (χ4n) is 3.26. The van der Waals surface area contributed by atoms with Gasteiger partial charge < -0.3 is 25.5 Å². The summed E-state index contributed by atoms with van der Waals surface area (Å²) in [6, 6.07) is 0.310. The topological polar surface area (TPSA) is 144 Å². The number of fused-ring (bicyclic) bond motifs is 1. The number of carboxylic acids is 2. The van der Waals surface area contributed by atoms with Crippen LogP contribution in [0.15, 0.2) is 16.8 Å². The van der Waals surface area contributed by atoms with Gasteiger partial charge in [-0.25, -0.2) is 4.79 Å². The second-order valence-corrected chi connectivity index (χ2v) is 9.12. The normalized spacial score (nSPS) is 30.3. The average Bonchev–Trinajstić information content (AvgIpc) is 3.11. The van der Waals surface area contributed by atoms with Crippen LogP contribution >= 0.6 is 23.1 Å². The van der Waals surface area contributed by atoms with Crippen molar-refractivity contribution in [1.29, 1.82) is 0 Å². The number of thiophene rings is 1. The Morgan fingerprint density at radius 3 is 2.46 bits per heavy atom. The fraction of sp³-hybridized carbons (Fsp3) is 0.467. The minimum Gasteiger partial charge on any atom is -0.480 e. The number of hydrogen-bond acceptors (Lipinski definition) is 7. The van der Waals surface area contributed by atoms with Crippen LogP contribution in [-0.2, 0) is 19.2 Å². The molecular weight excluding hydrogens is 384 g/mol. The van der Waals surface area contributed by atoms with Crippen molar-refractivity contribution in [2.75, 3.05) is 0 Å². The molecule has 1 aromatic heterocycles. The first kappa shape index (κ1) is 18.7. The molecule has 0 aromatic carbocycles. The Kier molecular flexibility index (Phi) is 4.28. The Bertz CT molecular complexity index is 794. The van der Waals surface area contributed by atoms with E-state index >= 15 is 0 Å². The van der Waals surface area contributed by atoms with E-state index < -0.39 is 51.6 Å². The maximum Gasteiger partial charge on any atom is 0.327 e. The number of carbonyl (C=O) groups is 4. The minimum absolute atomic E-state index is 0.232. The lowest BCUT2D eigenvalue weighted by Crippen LogP contribution is -2.80. The largest absolute Gasteiger partial charge is 0.480 e. The number of carbonyl (C=O) groups excluding carboxylic acids is 2. The van der Waals surface area contributed by atoms with Crippen molar-refractivity contribution in [2.24, 2.45) is 0 Å². The van der Waals surface area contributed by atoms with Gasteiger partial charge in [0.25, 0.3) is 5.91 Å². The van der Waals surface area contributed by atoms with Crippen molar-refractivity contribution in [1.82, 2.24) is 10.2 Å². The summed E-state index contributed by atoms with van der Waals surface area (Å²) in [6.07, 6.45) is 0. The summed E-state index contributed by atoms with van der Waals surface area (Å²) in [5.74, 6) is -6.22. The Balaban J connectivity index is 1.85. The minimum atomic E-state index is -2.34. The molecule has 2 saturated heterocycles. The van der Waals surface area contributed by atoms with Crippen LogP contribution in [0, 0.1) is 0 Å². The van der Waals surface area contributed by atoms with E-state index in [1.807, 2.05) is 0 Å². The van der Waals surface area contributed by atoms with Crippen LogP contribution in [0.1, 0.15) is 25.3 Å². The first-order chi connectivity index (χ1) is 12.0. The molecular formula is C15H16N2O7S2. The molecule has 2 unspecified atom stereocenters. The molecule has 2 amide bonds. The van der Waals surface area contributed by atoms with Gasteiger partial charge >= 0.3 is 11.9 Å². The van der Waals surface area contributed by atoms with Gasteiger partial charge in [0.2, 0.25) is 11.6 Å². The third-order valence-electron chi connectivity index (χ3n) is 4.46. The van der Waals surface area contributed by atoms with Crippen molar-refractivity contribution in [3.63, 3.8) is 0 Å². The highest BCUT2D eigenvalue weighted by Gasteiger charge is 2.72. The van der Waals surface area contributed by atoms with Gasteiger partial charge in [-0.2, -0.15) is 11.3 Å². The summed E-state index contributed by atoms with van der Waals surface area (Å²) < 4.78 is -0.888. The zero-order valence-electron chi connectivity index (χ0n) is 13.7. The summed E-state index contributed by atoms with van der Waals surface area (Å²) in [5, 5.41) is 33.6. The van der Waals surface area contributed by atoms with E-state index in [9.17, 15) is 34.5 Å². The number of aliphatic carboxylic acids is 2. The molecule has 11 heteroatoms. The predicted octanol–water partition coefficient (Wildman–Crippen LogP) is -0.132. The fourth-order valence-corrected chi connectivity index (χ4v) is 5.53. The molecule has 2 fully saturated rings. The molecule has 140 valence electrons. The smallest absolute Gasteiger partial charge is 0.327 e. The van der Waals surface area contributed by atoms with Gasteiger partial charge in [-0.3, -0.25) is 14.4 Å². The van der Waals surface area contributed by atoms with Gasteiger partial charge in [0.1, 0.15) is 11.4 Å². The summed E-state index contributed by atoms with van der Waals surface area (Å²) in [6.45, 7) is 3.24. The Labute approximate surface area is 156 Å². The lowest BCUT2D eigenvalue weighted by atomic mass is 9.92. The van der Waals surface area contributed by atoms with E-state index in [1.54, 1.807) is 19.2 Å². The maximum atomic E-state index is 12.5. The van der Waals surface area contributed by atoms with Gasteiger partial charge in [0.15, 0.2) is 5.92 Å². The molecule has 0 saturated carbocycles. The molecule has 26 heavy (non-hydrogen) atoms. The standard InChI is InChI=1S/C15H16N2O7S2/c1-14(2)8(11(21)22)17-12(23)15(24,13(17)26-14)16-9(18)7(10(19)20)6-3-4-25-5-6/h3-5,7-8,13,24H,1-2H3,(H,16,18)(H,19,20)(H,21,22)/t7?,8-,13+,15?/m0/s1. The number of nitrogens with one attached hydrogen (secondary N) is 1. The van der Waals surface area contributed by atoms with E-state index in [0.717, 1.165) is 16.7 Å². The zero-order valence-corrected chi connectivity index (χ0v) is 15.3. The highest BCUT2D eigenvalue weighted by Crippen LogP contribution is 2.54. The van der Waals surface area contributed by atoms with Gasteiger partial charge in [-0.05, 0) is 36.2 Å². The Morgan fingerprint density at radius 2 is 1.96 bits per heavy atom. The van der Waals surface area contributed by atoms with Crippen LogP contribution in [0.4, 0.5) is 0 Å². The number of carboxylic acid groups (broad SMARTS) is 2. The van der Waals surface area contributed by atoms with E-state index in [-0.39, 0.29) is 5.56 Å². The predicted molar refractivity (Wildman–Crippen MR) is 91.5 cm³/mol. The third kappa shape index (κ3) is 2.58. The first-order valence-corrected chi connectivity index (χ1v) is 9.35. The molecule has 9 nitrogen and oxygen atoms in total.